The molecule has 0 radical (unpaired) electrons. The fourth-order valence-corrected chi connectivity index (χ4v) is 3.46. The van der Waals surface area contributed by atoms with E-state index in [2.05, 4.69) is 17.4 Å². The summed E-state index contributed by atoms with van der Waals surface area (Å²) in [6.45, 7) is 2.08. The second kappa shape index (κ2) is 5.79. The van der Waals surface area contributed by atoms with Gasteiger partial charge < -0.3 is 20.6 Å². The van der Waals surface area contributed by atoms with Crippen LogP contribution in [0.15, 0.2) is 30.3 Å². The first-order valence-corrected chi connectivity index (χ1v) is 7.23. The molecule has 0 aromatic heterocycles. The molecule has 20 heavy (non-hydrogen) atoms. The van der Waals surface area contributed by atoms with Gasteiger partial charge in [-0.25, -0.2) is 0 Å². The van der Waals surface area contributed by atoms with Gasteiger partial charge in [-0.1, -0.05) is 30.3 Å². The SMILES string of the molecule is O[C@H]1[C@H](O)[C@@H](CNCc2ccccc2)N2CC[C@H](O)[C@H]12. The van der Waals surface area contributed by atoms with Gasteiger partial charge in [0.25, 0.3) is 0 Å². The molecule has 5 nitrogen and oxygen atoms in total. The van der Waals surface area contributed by atoms with Gasteiger partial charge in [0, 0.05) is 19.6 Å². The number of rotatable bonds is 4. The van der Waals surface area contributed by atoms with Crippen molar-refractivity contribution in [1.29, 1.82) is 0 Å². The Morgan fingerprint density at radius 3 is 2.60 bits per heavy atom. The minimum atomic E-state index is -0.851. The van der Waals surface area contributed by atoms with E-state index >= 15 is 0 Å². The molecule has 0 spiro atoms. The molecule has 0 bridgehead atoms. The Bertz CT molecular complexity index is 442. The fourth-order valence-electron chi connectivity index (χ4n) is 3.46. The molecule has 2 aliphatic rings. The predicted molar refractivity (Wildman–Crippen MR) is 75.1 cm³/mol. The molecule has 2 heterocycles. The smallest absolute Gasteiger partial charge is 0.0995 e. The molecule has 0 saturated carbocycles. The van der Waals surface area contributed by atoms with Gasteiger partial charge in [-0.15, -0.1) is 0 Å². The topological polar surface area (TPSA) is 76.0 Å². The Morgan fingerprint density at radius 1 is 1.10 bits per heavy atom. The number of hydrogen-bond donors (Lipinski definition) is 4. The fraction of sp³-hybridized carbons (Fsp3) is 0.600. The first kappa shape index (κ1) is 14.0. The quantitative estimate of drug-likeness (QED) is 0.587. The summed E-state index contributed by atoms with van der Waals surface area (Å²) in [5.74, 6) is 0. The summed E-state index contributed by atoms with van der Waals surface area (Å²) < 4.78 is 0. The summed E-state index contributed by atoms with van der Waals surface area (Å²) in [5.41, 5.74) is 1.19. The summed E-state index contributed by atoms with van der Waals surface area (Å²) >= 11 is 0. The van der Waals surface area contributed by atoms with Crippen LogP contribution in [0.1, 0.15) is 12.0 Å². The van der Waals surface area contributed by atoms with Crippen molar-refractivity contribution >= 4 is 0 Å². The van der Waals surface area contributed by atoms with Gasteiger partial charge in [-0.3, -0.25) is 4.90 Å². The monoisotopic (exact) mass is 278 g/mol. The molecule has 0 amide bonds. The van der Waals surface area contributed by atoms with Crippen LogP contribution in [0.4, 0.5) is 0 Å². The second-order valence-electron chi connectivity index (χ2n) is 5.75. The van der Waals surface area contributed by atoms with E-state index in [-0.39, 0.29) is 12.1 Å². The maximum Gasteiger partial charge on any atom is 0.0995 e. The molecule has 2 aliphatic heterocycles. The molecule has 2 fully saturated rings. The highest BCUT2D eigenvalue weighted by molar-refractivity contribution is 5.14. The van der Waals surface area contributed by atoms with Gasteiger partial charge in [-0.2, -0.15) is 0 Å². The summed E-state index contributed by atoms with van der Waals surface area (Å²) in [7, 11) is 0. The Hall–Kier alpha value is -0.980. The van der Waals surface area contributed by atoms with Gasteiger partial charge in [0.05, 0.1) is 30.4 Å². The van der Waals surface area contributed by atoms with Gasteiger partial charge in [-0.05, 0) is 12.0 Å². The third kappa shape index (κ3) is 2.47. The zero-order valence-electron chi connectivity index (χ0n) is 11.4. The molecular formula is C15H22N2O3. The van der Waals surface area contributed by atoms with Crippen molar-refractivity contribution in [2.45, 2.75) is 43.4 Å². The second-order valence-corrected chi connectivity index (χ2v) is 5.75. The van der Waals surface area contributed by atoms with E-state index in [1.54, 1.807) is 0 Å². The Kier molecular flexibility index (Phi) is 4.05. The van der Waals surface area contributed by atoms with Crippen molar-refractivity contribution in [3.63, 3.8) is 0 Å². The molecule has 5 atom stereocenters. The van der Waals surface area contributed by atoms with E-state index in [1.807, 2.05) is 23.1 Å². The third-order valence-corrected chi connectivity index (χ3v) is 4.51. The van der Waals surface area contributed by atoms with Crippen molar-refractivity contribution in [3.8, 4) is 0 Å². The number of nitrogens with zero attached hydrogens (tertiary/aromatic N) is 1. The highest BCUT2D eigenvalue weighted by Crippen LogP contribution is 2.33. The van der Waals surface area contributed by atoms with Crippen LogP contribution in [0.2, 0.25) is 0 Å². The van der Waals surface area contributed by atoms with Crippen molar-refractivity contribution in [2.75, 3.05) is 13.1 Å². The van der Waals surface area contributed by atoms with Gasteiger partial charge >= 0.3 is 0 Å². The van der Waals surface area contributed by atoms with Gasteiger partial charge in [0.15, 0.2) is 0 Å². The predicted octanol–water partition coefficient (Wildman–Crippen LogP) is -0.685. The van der Waals surface area contributed by atoms with E-state index < -0.39 is 18.3 Å². The molecule has 110 valence electrons. The number of fused-ring (bicyclic) bond motifs is 1. The van der Waals surface area contributed by atoms with Crippen LogP contribution >= 0.6 is 0 Å². The minimum Gasteiger partial charge on any atom is -0.391 e. The van der Waals surface area contributed by atoms with Crippen LogP contribution in [-0.2, 0) is 6.54 Å². The molecule has 0 aliphatic carbocycles. The average molecular weight is 278 g/mol. The lowest BCUT2D eigenvalue weighted by Crippen LogP contribution is -2.43. The number of benzene rings is 1. The lowest BCUT2D eigenvalue weighted by atomic mass is 10.0. The largest absolute Gasteiger partial charge is 0.391 e. The van der Waals surface area contributed by atoms with Gasteiger partial charge in [0.2, 0.25) is 0 Å². The first-order valence-electron chi connectivity index (χ1n) is 7.23. The number of aliphatic hydroxyl groups excluding tert-OH is 3. The highest BCUT2D eigenvalue weighted by Gasteiger charge is 2.52. The first-order chi connectivity index (χ1) is 9.68. The zero-order chi connectivity index (χ0) is 14.1. The average Bonchev–Trinajstić information content (AvgIpc) is 2.94. The number of nitrogens with one attached hydrogen (secondary N) is 1. The Labute approximate surface area is 118 Å². The Balaban J connectivity index is 1.57. The zero-order valence-corrected chi connectivity index (χ0v) is 11.4. The molecule has 1 aromatic carbocycles. The van der Waals surface area contributed by atoms with Crippen LogP contribution in [0.3, 0.4) is 0 Å². The highest BCUT2D eigenvalue weighted by atomic mass is 16.3. The van der Waals surface area contributed by atoms with Crippen molar-refractivity contribution < 1.29 is 15.3 Å². The van der Waals surface area contributed by atoms with Gasteiger partial charge in [0.1, 0.15) is 0 Å². The van der Waals surface area contributed by atoms with Crippen LogP contribution in [0.25, 0.3) is 0 Å². The molecule has 0 unspecified atom stereocenters. The molecular weight excluding hydrogens is 256 g/mol. The summed E-state index contributed by atoms with van der Waals surface area (Å²) in [6, 6.07) is 9.64. The van der Waals surface area contributed by atoms with Crippen LogP contribution in [0.5, 0.6) is 0 Å². The number of hydrogen-bond acceptors (Lipinski definition) is 5. The number of aliphatic hydroxyl groups is 3. The molecule has 4 N–H and O–H groups in total. The third-order valence-electron chi connectivity index (χ3n) is 4.51. The van der Waals surface area contributed by atoms with Crippen LogP contribution in [-0.4, -0.2) is 63.7 Å². The molecule has 2 saturated heterocycles. The van der Waals surface area contributed by atoms with E-state index in [4.69, 9.17) is 0 Å². The lowest BCUT2D eigenvalue weighted by molar-refractivity contribution is 0.00344. The standard InChI is InChI=1S/C15H22N2O3/c18-12-6-7-17-11(14(19)15(20)13(12)17)9-16-8-10-4-2-1-3-5-10/h1-5,11-16,18-20H,6-9H2/t11-,12+,13-,14-,15-/m1/s1. The van der Waals surface area contributed by atoms with E-state index in [0.717, 1.165) is 13.1 Å². The van der Waals surface area contributed by atoms with Crippen molar-refractivity contribution in [3.05, 3.63) is 35.9 Å². The normalized spacial score (nSPS) is 37.2. The molecule has 1 aromatic rings. The maximum atomic E-state index is 10.1. The summed E-state index contributed by atoms with van der Waals surface area (Å²) in [4.78, 5) is 2.04. The van der Waals surface area contributed by atoms with E-state index in [9.17, 15) is 15.3 Å². The van der Waals surface area contributed by atoms with Crippen LogP contribution < -0.4 is 5.32 Å². The summed E-state index contributed by atoms with van der Waals surface area (Å²) in [6.07, 6.45) is -1.50. The Morgan fingerprint density at radius 2 is 1.85 bits per heavy atom. The van der Waals surface area contributed by atoms with E-state index in [0.29, 0.717) is 13.0 Å². The molecule has 5 heteroatoms. The van der Waals surface area contributed by atoms with E-state index in [1.165, 1.54) is 5.56 Å². The minimum absolute atomic E-state index is 0.129. The maximum absolute atomic E-state index is 10.1. The van der Waals surface area contributed by atoms with Crippen molar-refractivity contribution in [2.24, 2.45) is 0 Å². The van der Waals surface area contributed by atoms with Crippen molar-refractivity contribution in [1.82, 2.24) is 10.2 Å². The molecule has 3 rings (SSSR count). The van der Waals surface area contributed by atoms with Crippen LogP contribution in [0, 0.1) is 0 Å². The summed E-state index contributed by atoms with van der Waals surface area (Å²) in [5, 5.41) is 33.4. The lowest BCUT2D eigenvalue weighted by Gasteiger charge is -2.25.